The van der Waals surface area contributed by atoms with E-state index in [9.17, 15) is 5.26 Å². The monoisotopic (exact) mass is 411 g/mol. The number of nitriles is 1. The maximum absolute atomic E-state index is 9.38. The second-order valence-corrected chi connectivity index (χ2v) is 8.21. The largest absolute Gasteiger partial charge is 0.365 e. The minimum Gasteiger partial charge on any atom is -0.365 e. The molecule has 1 aliphatic carbocycles. The molecule has 2 N–H and O–H groups in total. The number of anilines is 1. The van der Waals surface area contributed by atoms with Crippen LogP contribution in [0.5, 0.6) is 0 Å². The first-order valence-electron chi connectivity index (χ1n) is 9.11. The predicted molar refractivity (Wildman–Crippen MR) is 107 cm³/mol. The van der Waals surface area contributed by atoms with Gasteiger partial charge in [0.25, 0.3) is 0 Å². The van der Waals surface area contributed by atoms with Gasteiger partial charge >= 0.3 is 0 Å². The van der Waals surface area contributed by atoms with Crippen LogP contribution in [0.3, 0.4) is 0 Å². The van der Waals surface area contributed by atoms with Crippen molar-refractivity contribution in [1.82, 2.24) is 14.6 Å². The van der Waals surface area contributed by atoms with Crippen molar-refractivity contribution in [2.24, 2.45) is 11.8 Å². The maximum Gasteiger partial charge on any atom is 0.173 e. The molecule has 3 unspecified atom stereocenters. The molecule has 0 amide bonds. The van der Waals surface area contributed by atoms with E-state index < -0.39 is 0 Å². The van der Waals surface area contributed by atoms with E-state index in [1.807, 2.05) is 16.6 Å². The van der Waals surface area contributed by atoms with Gasteiger partial charge in [0.2, 0.25) is 0 Å². The van der Waals surface area contributed by atoms with Crippen molar-refractivity contribution in [1.29, 1.82) is 5.26 Å². The Morgan fingerprint density at radius 3 is 2.77 bits per heavy atom. The number of hydrogen-bond acceptors (Lipinski definition) is 3. The standard InChI is InChI=1S/C20H22BrN5/c1-12-4-3-5-17(13(12)2)24-20-18(14-6-8-16(21)9-7-14)25-19-15(10-22)11-23-26(19)20/h6-9,11-13,17,23-24H,3-5H2,1-2H3. The topological polar surface area (TPSA) is 68.9 Å². The molecule has 1 fully saturated rings. The number of hydrogen-bond donors (Lipinski definition) is 2. The van der Waals surface area contributed by atoms with Crippen molar-refractivity contribution in [3.05, 3.63) is 40.5 Å². The molecule has 3 aromatic rings. The number of aromatic nitrogens is 3. The zero-order valence-electron chi connectivity index (χ0n) is 15.0. The van der Waals surface area contributed by atoms with Crippen molar-refractivity contribution in [3.63, 3.8) is 0 Å². The quantitative estimate of drug-likeness (QED) is 0.621. The molecule has 5 nitrogen and oxygen atoms in total. The summed E-state index contributed by atoms with van der Waals surface area (Å²) in [6, 6.07) is 10.8. The van der Waals surface area contributed by atoms with Crippen LogP contribution in [-0.4, -0.2) is 20.6 Å². The lowest BCUT2D eigenvalue weighted by Crippen LogP contribution is -2.35. The molecule has 0 saturated heterocycles. The minimum atomic E-state index is 0.404. The van der Waals surface area contributed by atoms with Gasteiger partial charge in [-0.3, -0.25) is 5.10 Å². The van der Waals surface area contributed by atoms with Crippen LogP contribution >= 0.6 is 15.9 Å². The average Bonchev–Trinajstić information content (AvgIpc) is 3.19. The fourth-order valence-corrected chi connectivity index (χ4v) is 4.17. The highest BCUT2D eigenvalue weighted by Crippen LogP contribution is 2.35. The lowest BCUT2D eigenvalue weighted by atomic mass is 9.78. The van der Waals surface area contributed by atoms with E-state index >= 15 is 0 Å². The van der Waals surface area contributed by atoms with E-state index in [2.05, 4.69) is 58.4 Å². The van der Waals surface area contributed by atoms with Gasteiger partial charge in [-0.05, 0) is 30.4 Å². The third kappa shape index (κ3) is 2.90. The van der Waals surface area contributed by atoms with Gasteiger partial charge in [0.1, 0.15) is 17.3 Å². The number of halogens is 1. The van der Waals surface area contributed by atoms with Crippen molar-refractivity contribution in [2.45, 2.75) is 39.2 Å². The number of benzene rings is 1. The first-order chi connectivity index (χ1) is 12.6. The molecule has 1 aliphatic rings. The zero-order valence-corrected chi connectivity index (χ0v) is 16.5. The first kappa shape index (κ1) is 17.2. The number of imidazole rings is 1. The number of rotatable bonds is 3. The van der Waals surface area contributed by atoms with Crippen molar-refractivity contribution < 1.29 is 0 Å². The Labute approximate surface area is 161 Å². The van der Waals surface area contributed by atoms with Crippen LogP contribution in [-0.2, 0) is 0 Å². The molecule has 1 saturated carbocycles. The van der Waals surface area contributed by atoms with Crippen LogP contribution < -0.4 is 5.32 Å². The normalized spacial score (nSPS) is 23.1. The fraction of sp³-hybridized carbons (Fsp3) is 0.400. The lowest BCUT2D eigenvalue weighted by molar-refractivity contribution is 0.252. The summed E-state index contributed by atoms with van der Waals surface area (Å²) in [6.45, 7) is 4.66. The van der Waals surface area contributed by atoms with Crippen molar-refractivity contribution in [2.75, 3.05) is 5.32 Å². The maximum atomic E-state index is 9.38. The van der Waals surface area contributed by atoms with E-state index in [4.69, 9.17) is 4.98 Å². The van der Waals surface area contributed by atoms with E-state index in [-0.39, 0.29) is 0 Å². The Balaban J connectivity index is 1.80. The zero-order chi connectivity index (χ0) is 18.3. The molecule has 1 aromatic carbocycles. The SMILES string of the molecule is CC1CCCC(Nc2c(-c3ccc(Br)cc3)nc3c(C#N)c[nH]n23)C1C. The molecule has 4 rings (SSSR count). The van der Waals surface area contributed by atoms with Gasteiger partial charge in [-0.25, -0.2) is 9.50 Å². The van der Waals surface area contributed by atoms with E-state index in [0.717, 1.165) is 28.0 Å². The molecular weight excluding hydrogens is 390 g/mol. The summed E-state index contributed by atoms with van der Waals surface area (Å²) in [4.78, 5) is 4.78. The molecule has 0 aliphatic heterocycles. The third-order valence-corrected chi connectivity index (χ3v) is 6.25. The second-order valence-electron chi connectivity index (χ2n) is 7.29. The smallest absolute Gasteiger partial charge is 0.173 e. The molecule has 0 radical (unpaired) electrons. The Morgan fingerprint density at radius 1 is 1.27 bits per heavy atom. The molecule has 0 spiro atoms. The van der Waals surface area contributed by atoms with Crippen molar-refractivity contribution in [3.8, 4) is 17.3 Å². The lowest BCUT2D eigenvalue weighted by Gasteiger charge is -2.35. The summed E-state index contributed by atoms with van der Waals surface area (Å²) in [6.07, 6.45) is 5.41. The van der Waals surface area contributed by atoms with Gasteiger partial charge in [0.15, 0.2) is 11.5 Å². The molecule has 2 aromatic heterocycles. The number of H-pyrrole nitrogens is 1. The number of nitrogens with zero attached hydrogens (tertiary/aromatic N) is 3. The van der Waals surface area contributed by atoms with E-state index in [0.29, 0.717) is 29.1 Å². The Bertz CT molecular complexity index is 963. The third-order valence-electron chi connectivity index (χ3n) is 5.72. The Morgan fingerprint density at radius 2 is 2.04 bits per heavy atom. The molecule has 2 heterocycles. The van der Waals surface area contributed by atoms with Gasteiger partial charge in [-0.1, -0.05) is 54.8 Å². The summed E-state index contributed by atoms with van der Waals surface area (Å²) in [5, 5.41) is 16.3. The molecule has 0 bridgehead atoms. The van der Waals surface area contributed by atoms with Gasteiger partial charge in [0.05, 0.1) is 0 Å². The van der Waals surface area contributed by atoms with Gasteiger partial charge < -0.3 is 5.32 Å². The average molecular weight is 412 g/mol. The minimum absolute atomic E-state index is 0.404. The summed E-state index contributed by atoms with van der Waals surface area (Å²) in [5.74, 6) is 2.24. The van der Waals surface area contributed by atoms with Crippen LogP contribution in [0.2, 0.25) is 0 Å². The van der Waals surface area contributed by atoms with Crippen LogP contribution in [0, 0.1) is 23.2 Å². The fourth-order valence-electron chi connectivity index (χ4n) is 3.91. The Kier molecular flexibility index (Phi) is 4.49. The van der Waals surface area contributed by atoms with Crippen LogP contribution in [0.25, 0.3) is 16.9 Å². The summed E-state index contributed by atoms with van der Waals surface area (Å²) in [5.41, 5.74) is 3.14. The summed E-state index contributed by atoms with van der Waals surface area (Å²) < 4.78 is 2.94. The van der Waals surface area contributed by atoms with Gasteiger partial charge in [-0.15, -0.1) is 0 Å². The molecule has 3 atom stereocenters. The predicted octanol–water partition coefficient (Wildman–Crippen LogP) is 5.20. The molecular formula is C20H22BrN5. The van der Waals surface area contributed by atoms with Crippen LogP contribution in [0.15, 0.2) is 34.9 Å². The van der Waals surface area contributed by atoms with Crippen LogP contribution in [0.1, 0.15) is 38.7 Å². The molecule has 26 heavy (non-hydrogen) atoms. The van der Waals surface area contributed by atoms with E-state index in [1.54, 1.807) is 6.20 Å². The van der Waals surface area contributed by atoms with E-state index in [1.165, 1.54) is 12.8 Å². The number of aromatic amines is 1. The Hall–Kier alpha value is -2.26. The summed E-state index contributed by atoms with van der Waals surface area (Å²) >= 11 is 3.49. The second kappa shape index (κ2) is 6.81. The molecule has 6 heteroatoms. The van der Waals surface area contributed by atoms with Gasteiger partial charge in [0, 0.05) is 22.3 Å². The highest BCUT2D eigenvalue weighted by molar-refractivity contribution is 9.10. The van der Waals surface area contributed by atoms with Gasteiger partial charge in [-0.2, -0.15) is 5.26 Å². The van der Waals surface area contributed by atoms with Crippen LogP contribution in [0.4, 0.5) is 5.82 Å². The highest BCUT2D eigenvalue weighted by atomic mass is 79.9. The highest BCUT2D eigenvalue weighted by Gasteiger charge is 2.29. The first-order valence-corrected chi connectivity index (χ1v) is 9.90. The number of nitrogens with one attached hydrogen (secondary N) is 2. The number of fused-ring (bicyclic) bond motifs is 1. The molecule has 134 valence electrons. The van der Waals surface area contributed by atoms with Crippen molar-refractivity contribution >= 4 is 27.4 Å². The summed E-state index contributed by atoms with van der Waals surface area (Å²) in [7, 11) is 0.